The van der Waals surface area contributed by atoms with Gasteiger partial charge in [-0.25, -0.2) is 0 Å². The van der Waals surface area contributed by atoms with Gasteiger partial charge in [-0.05, 0) is 5.92 Å². The summed E-state index contributed by atoms with van der Waals surface area (Å²) in [5.74, 6) is 0.725. The first-order chi connectivity index (χ1) is 3.18. The Morgan fingerprint density at radius 1 is 1.43 bits per heavy atom. The molecule has 0 fully saturated rings. The van der Waals surface area contributed by atoms with Gasteiger partial charge in [0.2, 0.25) is 0 Å². The predicted molar refractivity (Wildman–Crippen MR) is 35.4 cm³/mol. The molecule has 0 nitrogen and oxygen atoms in total. The summed E-state index contributed by atoms with van der Waals surface area (Å²) in [7, 11) is 0. The Morgan fingerprint density at radius 2 is 1.86 bits per heavy atom. The zero-order valence-electron chi connectivity index (χ0n) is 4.00. The van der Waals surface area contributed by atoms with E-state index >= 15 is 0 Å². The highest BCUT2D eigenvalue weighted by Gasteiger charge is 2.07. The zero-order valence-corrected chi connectivity index (χ0v) is 6.26. The van der Waals surface area contributed by atoms with E-state index in [9.17, 15) is 0 Å². The average molecular weight is 161 g/mol. The van der Waals surface area contributed by atoms with Crippen LogP contribution in [0.25, 0.3) is 0 Å². The molecular weight excluding hydrogens is 154 g/mol. The second-order valence-electron chi connectivity index (χ2n) is 1.47. The Balaban J connectivity index is 3.14. The summed E-state index contributed by atoms with van der Waals surface area (Å²) in [6.45, 7) is 1.90. The first kappa shape index (κ1) is 7.87. The smallest absolute Gasteiger partial charge is 0.111 e. The van der Waals surface area contributed by atoms with Crippen molar-refractivity contribution in [2.24, 2.45) is 5.92 Å². The lowest BCUT2D eigenvalue weighted by Crippen LogP contribution is -2.04. The van der Waals surface area contributed by atoms with E-state index in [0.29, 0.717) is 5.88 Å². The van der Waals surface area contributed by atoms with Gasteiger partial charge in [0, 0.05) is 5.88 Å². The van der Waals surface area contributed by atoms with Gasteiger partial charge in [0.1, 0.15) is 4.84 Å². The van der Waals surface area contributed by atoms with Gasteiger partial charge >= 0.3 is 0 Å². The standard InChI is InChI=1S/C4H7Cl3/c1-3(2-5)4(6)7/h3-4H,2H2,1H3. The summed E-state index contributed by atoms with van der Waals surface area (Å²) >= 11 is 16.2. The Morgan fingerprint density at radius 3 is 1.86 bits per heavy atom. The molecule has 0 amide bonds. The van der Waals surface area contributed by atoms with Crippen molar-refractivity contribution in [3.8, 4) is 0 Å². The summed E-state index contributed by atoms with van der Waals surface area (Å²) in [6, 6.07) is 0. The molecule has 3 heteroatoms. The molecule has 0 aliphatic heterocycles. The van der Waals surface area contributed by atoms with E-state index in [1.54, 1.807) is 0 Å². The highest BCUT2D eigenvalue weighted by Crippen LogP contribution is 2.14. The molecule has 0 rings (SSSR count). The van der Waals surface area contributed by atoms with Crippen LogP contribution in [0.3, 0.4) is 0 Å². The Bertz CT molecular complexity index is 44.2. The molecule has 0 bridgehead atoms. The van der Waals surface area contributed by atoms with Crippen molar-refractivity contribution in [3.05, 3.63) is 0 Å². The molecule has 7 heavy (non-hydrogen) atoms. The number of alkyl halides is 3. The van der Waals surface area contributed by atoms with E-state index in [2.05, 4.69) is 0 Å². The minimum atomic E-state index is -0.322. The monoisotopic (exact) mass is 160 g/mol. The third kappa shape index (κ3) is 3.45. The summed E-state index contributed by atoms with van der Waals surface area (Å²) in [6.07, 6.45) is 0. The predicted octanol–water partition coefficient (Wildman–Crippen LogP) is 2.67. The minimum absolute atomic E-state index is 0.199. The van der Waals surface area contributed by atoms with Crippen molar-refractivity contribution in [1.29, 1.82) is 0 Å². The van der Waals surface area contributed by atoms with Crippen LogP contribution in [0.1, 0.15) is 6.92 Å². The molecule has 1 unspecified atom stereocenters. The van der Waals surface area contributed by atoms with Crippen LogP contribution in [-0.4, -0.2) is 10.7 Å². The van der Waals surface area contributed by atoms with Gasteiger partial charge in [-0.1, -0.05) is 6.92 Å². The second-order valence-corrected chi connectivity index (χ2v) is 2.94. The Kier molecular flexibility index (Phi) is 4.30. The van der Waals surface area contributed by atoms with Gasteiger partial charge in [-0.2, -0.15) is 0 Å². The third-order valence-electron chi connectivity index (χ3n) is 0.674. The molecule has 1 atom stereocenters. The Labute approximate surface area is 58.7 Å². The van der Waals surface area contributed by atoms with Gasteiger partial charge in [-0.3, -0.25) is 0 Å². The molecule has 0 aromatic carbocycles. The van der Waals surface area contributed by atoms with E-state index in [-0.39, 0.29) is 10.8 Å². The molecule has 0 saturated heterocycles. The zero-order chi connectivity index (χ0) is 5.86. The molecule has 0 N–H and O–H groups in total. The fraction of sp³-hybridized carbons (Fsp3) is 1.00. The topological polar surface area (TPSA) is 0 Å². The fourth-order valence-corrected chi connectivity index (χ4v) is 0.606. The molecule has 0 aromatic heterocycles. The van der Waals surface area contributed by atoms with Crippen LogP contribution in [0.4, 0.5) is 0 Å². The van der Waals surface area contributed by atoms with Gasteiger partial charge in [0.15, 0.2) is 0 Å². The van der Waals surface area contributed by atoms with Gasteiger partial charge < -0.3 is 0 Å². The van der Waals surface area contributed by atoms with Crippen molar-refractivity contribution in [1.82, 2.24) is 0 Å². The minimum Gasteiger partial charge on any atom is -0.126 e. The maximum Gasteiger partial charge on any atom is 0.111 e. The van der Waals surface area contributed by atoms with E-state index in [1.807, 2.05) is 6.92 Å². The summed E-state index contributed by atoms with van der Waals surface area (Å²) in [5.41, 5.74) is 0. The highest BCUT2D eigenvalue weighted by atomic mass is 35.5. The lowest BCUT2D eigenvalue weighted by Gasteiger charge is -2.04. The first-order valence-electron chi connectivity index (χ1n) is 2.02. The van der Waals surface area contributed by atoms with Crippen molar-refractivity contribution >= 4 is 34.8 Å². The normalized spacial score (nSPS) is 15.0. The number of halogens is 3. The largest absolute Gasteiger partial charge is 0.126 e. The van der Waals surface area contributed by atoms with Crippen molar-refractivity contribution in [2.45, 2.75) is 11.8 Å². The molecular formula is C4H7Cl3. The number of hydrogen-bond acceptors (Lipinski definition) is 0. The lowest BCUT2D eigenvalue weighted by molar-refractivity contribution is 0.717. The quantitative estimate of drug-likeness (QED) is 0.546. The van der Waals surface area contributed by atoms with Gasteiger partial charge in [0.25, 0.3) is 0 Å². The van der Waals surface area contributed by atoms with Gasteiger partial charge in [-0.15, -0.1) is 34.8 Å². The van der Waals surface area contributed by atoms with E-state index < -0.39 is 0 Å². The van der Waals surface area contributed by atoms with E-state index in [4.69, 9.17) is 34.8 Å². The van der Waals surface area contributed by atoms with Crippen molar-refractivity contribution in [3.63, 3.8) is 0 Å². The van der Waals surface area contributed by atoms with Crippen LogP contribution < -0.4 is 0 Å². The molecule has 0 heterocycles. The van der Waals surface area contributed by atoms with Gasteiger partial charge in [0.05, 0.1) is 0 Å². The molecule has 0 spiro atoms. The van der Waals surface area contributed by atoms with Crippen LogP contribution in [0.15, 0.2) is 0 Å². The first-order valence-corrected chi connectivity index (χ1v) is 3.43. The lowest BCUT2D eigenvalue weighted by atomic mass is 10.3. The third-order valence-corrected chi connectivity index (χ3v) is 2.02. The average Bonchev–Trinajstić information content (AvgIpc) is 1.65. The summed E-state index contributed by atoms with van der Waals surface area (Å²) < 4.78 is 0. The van der Waals surface area contributed by atoms with Crippen LogP contribution in [0.2, 0.25) is 0 Å². The van der Waals surface area contributed by atoms with Crippen LogP contribution >= 0.6 is 34.8 Å². The van der Waals surface area contributed by atoms with Crippen LogP contribution in [0, 0.1) is 5.92 Å². The number of rotatable bonds is 2. The van der Waals surface area contributed by atoms with Crippen molar-refractivity contribution in [2.75, 3.05) is 5.88 Å². The summed E-state index contributed by atoms with van der Waals surface area (Å²) in [5, 5.41) is 0. The molecule has 0 radical (unpaired) electrons. The van der Waals surface area contributed by atoms with Crippen LogP contribution in [0.5, 0.6) is 0 Å². The van der Waals surface area contributed by atoms with E-state index in [1.165, 1.54) is 0 Å². The molecule has 0 aliphatic carbocycles. The number of hydrogen-bond donors (Lipinski definition) is 0. The van der Waals surface area contributed by atoms with Crippen LogP contribution in [-0.2, 0) is 0 Å². The molecule has 44 valence electrons. The fourth-order valence-electron chi connectivity index (χ4n) is 0.0673. The van der Waals surface area contributed by atoms with E-state index in [0.717, 1.165) is 0 Å². The second kappa shape index (κ2) is 3.82. The maximum atomic E-state index is 5.41. The van der Waals surface area contributed by atoms with Crippen molar-refractivity contribution < 1.29 is 0 Å². The summed E-state index contributed by atoms with van der Waals surface area (Å²) in [4.78, 5) is -0.322. The SMILES string of the molecule is CC(CCl)C(Cl)Cl. The molecule has 0 saturated carbocycles. The maximum absolute atomic E-state index is 5.41. The molecule has 0 aromatic rings. The molecule has 0 aliphatic rings. The highest BCUT2D eigenvalue weighted by molar-refractivity contribution is 6.44. The Hall–Kier alpha value is 0.870.